The van der Waals surface area contributed by atoms with Crippen LogP contribution in [0.4, 0.5) is 0 Å². The predicted molar refractivity (Wildman–Crippen MR) is 89.2 cm³/mol. The maximum absolute atomic E-state index is 13.0. The Morgan fingerprint density at radius 3 is 2.21 bits per heavy atom. The molecule has 1 N–H and O–H groups in total. The molecule has 1 heterocycles. The molecule has 0 fully saturated rings. The summed E-state index contributed by atoms with van der Waals surface area (Å²) in [6.45, 7) is 0. The van der Waals surface area contributed by atoms with Gasteiger partial charge in [-0.15, -0.1) is 0 Å². The Labute approximate surface area is 137 Å². The third-order valence-electron chi connectivity index (χ3n) is 3.75. The smallest absolute Gasteiger partial charge is 0.204 e. The third-order valence-corrected chi connectivity index (χ3v) is 3.75. The zero-order valence-corrected chi connectivity index (χ0v) is 13.5. The number of fused-ring (bicyclic) bond motifs is 1. The fourth-order valence-electron chi connectivity index (χ4n) is 2.57. The highest BCUT2D eigenvalue weighted by Gasteiger charge is 2.21. The van der Waals surface area contributed by atoms with Crippen LogP contribution in [0, 0.1) is 0 Å². The first kappa shape index (κ1) is 15.7. The fourth-order valence-corrected chi connectivity index (χ4v) is 2.57. The SMILES string of the molecule is COc1cc(OC)c2c(=O)c(-c3ccc(O)cc3)coc2c1OC. The van der Waals surface area contributed by atoms with Gasteiger partial charge in [-0.05, 0) is 17.7 Å². The highest BCUT2D eigenvalue weighted by atomic mass is 16.5. The topological polar surface area (TPSA) is 78.1 Å². The van der Waals surface area contributed by atoms with Crippen molar-refractivity contribution in [3.63, 3.8) is 0 Å². The molecule has 1 aromatic heterocycles. The van der Waals surface area contributed by atoms with Crippen LogP contribution in [0.1, 0.15) is 0 Å². The van der Waals surface area contributed by atoms with Crippen LogP contribution in [-0.4, -0.2) is 26.4 Å². The Morgan fingerprint density at radius 2 is 1.62 bits per heavy atom. The molecular formula is C18H16O6. The van der Waals surface area contributed by atoms with Crippen LogP contribution in [0.5, 0.6) is 23.0 Å². The van der Waals surface area contributed by atoms with E-state index in [2.05, 4.69) is 0 Å². The van der Waals surface area contributed by atoms with Crippen LogP contribution in [0.15, 0.2) is 45.8 Å². The summed E-state index contributed by atoms with van der Waals surface area (Å²) in [6, 6.07) is 7.87. The molecule has 0 bridgehead atoms. The van der Waals surface area contributed by atoms with Gasteiger partial charge in [0, 0.05) is 6.07 Å². The van der Waals surface area contributed by atoms with Gasteiger partial charge in [0.2, 0.25) is 11.2 Å². The van der Waals surface area contributed by atoms with E-state index in [1.54, 1.807) is 18.2 Å². The predicted octanol–water partition coefficient (Wildman–Crippen LogP) is 3.19. The van der Waals surface area contributed by atoms with Crippen LogP contribution in [0.2, 0.25) is 0 Å². The molecule has 2 aromatic carbocycles. The molecule has 0 unspecified atom stereocenters. The van der Waals surface area contributed by atoms with Crippen molar-refractivity contribution < 1.29 is 23.7 Å². The van der Waals surface area contributed by atoms with Crippen molar-refractivity contribution in [1.82, 2.24) is 0 Å². The lowest BCUT2D eigenvalue weighted by Gasteiger charge is -2.13. The number of benzene rings is 2. The molecule has 0 saturated heterocycles. The first-order valence-corrected chi connectivity index (χ1v) is 7.14. The maximum Gasteiger partial charge on any atom is 0.204 e. The van der Waals surface area contributed by atoms with Crippen molar-refractivity contribution in [2.75, 3.05) is 21.3 Å². The standard InChI is InChI=1S/C18H16O6/c1-21-13-8-14(22-2)17(23-3)18-15(13)16(20)12(9-24-18)10-4-6-11(19)7-5-10/h4-9,19H,1-3H3. The highest BCUT2D eigenvalue weighted by Crippen LogP contribution is 2.40. The minimum absolute atomic E-state index is 0.118. The van der Waals surface area contributed by atoms with E-state index >= 15 is 0 Å². The Kier molecular flexibility index (Phi) is 4.04. The lowest BCUT2D eigenvalue weighted by atomic mass is 10.0. The Bertz CT molecular complexity index is 940. The largest absolute Gasteiger partial charge is 0.508 e. The number of hydrogen-bond acceptors (Lipinski definition) is 6. The number of phenolic OH excluding ortho intramolecular Hbond substituents is 1. The van der Waals surface area contributed by atoms with Crippen molar-refractivity contribution in [2.24, 2.45) is 0 Å². The molecule has 0 radical (unpaired) electrons. The molecule has 124 valence electrons. The van der Waals surface area contributed by atoms with Crippen molar-refractivity contribution in [3.05, 3.63) is 46.8 Å². The van der Waals surface area contributed by atoms with Crippen molar-refractivity contribution >= 4 is 11.0 Å². The molecular weight excluding hydrogens is 312 g/mol. The van der Waals surface area contributed by atoms with E-state index in [4.69, 9.17) is 18.6 Å². The van der Waals surface area contributed by atoms with Gasteiger partial charge in [0.15, 0.2) is 11.3 Å². The molecule has 3 aromatic rings. The lowest BCUT2D eigenvalue weighted by molar-refractivity contribution is 0.348. The zero-order chi connectivity index (χ0) is 17.3. The first-order chi connectivity index (χ1) is 11.6. The van der Waals surface area contributed by atoms with Gasteiger partial charge in [-0.1, -0.05) is 12.1 Å². The van der Waals surface area contributed by atoms with Crippen LogP contribution >= 0.6 is 0 Å². The van der Waals surface area contributed by atoms with Crippen LogP contribution in [-0.2, 0) is 0 Å². The fraction of sp³-hybridized carbons (Fsp3) is 0.167. The van der Waals surface area contributed by atoms with E-state index in [1.807, 2.05) is 0 Å². The summed E-state index contributed by atoms with van der Waals surface area (Å²) in [5.41, 5.74) is 0.967. The number of aromatic hydroxyl groups is 1. The second-order valence-corrected chi connectivity index (χ2v) is 5.04. The van der Waals surface area contributed by atoms with E-state index in [9.17, 15) is 9.90 Å². The van der Waals surface area contributed by atoms with Crippen LogP contribution < -0.4 is 19.6 Å². The van der Waals surface area contributed by atoms with Gasteiger partial charge in [-0.2, -0.15) is 0 Å². The number of hydrogen-bond donors (Lipinski definition) is 1. The van der Waals surface area contributed by atoms with Gasteiger partial charge in [0.25, 0.3) is 0 Å². The summed E-state index contributed by atoms with van der Waals surface area (Å²) >= 11 is 0. The number of ether oxygens (including phenoxy) is 3. The number of methoxy groups -OCH3 is 3. The monoisotopic (exact) mass is 328 g/mol. The maximum atomic E-state index is 13.0. The molecule has 0 saturated carbocycles. The molecule has 6 nitrogen and oxygen atoms in total. The Morgan fingerprint density at radius 1 is 0.958 bits per heavy atom. The third kappa shape index (κ3) is 2.42. The molecule has 0 atom stereocenters. The minimum Gasteiger partial charge on any atom is -0.508 e. The van der Waals surface area contributed by atoms with Gasteiger partial charge in [0.1, 0.15) is 23.1 Å². The normalized spacial score (nSPS) is 10.6. The van der Waals surface area contributed by atoms with Crippen molar-refractivity contribution in [2.45, 2.75) is 0 Å². The summed E-state index contributed by atoms with van der Waals surface area (Å²) in [5, 5.41) is 9.67. The first-order valence-electron chi connectivity index (χ1n) is 7.14. The van der Waals surface area contributed by atoms with Gasteiger partial charge >= 0.3 is 0 Å². The van der Waals surface area contributed by atoms with Gasteiger partial charge in [0.05, 0.1) is 26.9 Å². The molecule has 0 aliphatic rings. The van der Waals surface area contributed by atoms with Gasteiger partial charge in [-0.25, -0.2) is 0 Å². The summed E-state index contributed by atoms with van der Waals surface area (Å²) in [5.74, 6) is 1.18. The van der Waals surface area contributed by atoms with Crippen molar-refractivity contribution in [3.8, 4) is 34.1 Å². The average Bonchev–Trinajstić information content (AvgIpc) is 2.61. The summed E-state index contributed by atoms with van der Waals surface area (Å²) in [4.78, 5) is 13.0. The molecule has 0 amide bonds. The average molecular weight is 328 g/mol. The minimum atomic E-state index is -0.264. The molecule has 3 rings (SSSR count). The number of phenols is 1. The number of rotatable bonds is 4. The zero-order valence-electron chi connectivity index (χ0n) is 13.5. The molecule has 0 aliphatic heterocycles. The Balaban J connectivity index is 2.36. The van der Waals surface area contributed by atoms with E-state index in [1.165, 1.54) is 39.7 Å². The van der Waals surface area contributed by atoms with Crippen LogP contribution in [0.25, 0.3) is 22.1 Å². The molecule has 6 heteroatoms. The Hall–Kier alpha value is -3.15. The molecule has 24 heavy (non-hydrogen) atoms. The second-order valence-electron chi connectivity index (χ2n) is 5.04. The van der Waals surface area contributed by atoms with E-state index in [0.717, 1.165) is 0 Å². The van der Waals surface area contributed by atoms with Crippen molar-refractivity contribution in [1.29, 1.82) is 0 Å². The quantitative estimate of drug-likeness (QED) is 0.792. The summed E-state index contributed by atoms with van der Waals surface area (Å²) in [6.07, 6.45) is 1.36. The van der Waals surface area contributed by atoms with E-state index < -0.39 is 0 Å². The molecule has 0 aliphatic carbocycles. The second kappa shape index (κ2) is 6.16. The van der Waals surface area contributed by atoms with Crippen LogP contribution in [0.3, 0.4) is 0 Å². The lowest BCUT2D eigenvalue weighted by Crippen LogP contribution is -2.07. The van der Waals surface area contributed by atoms with E-state index in [-0.39, 0.29) is 22.1 Å². The molecule has 0 spiro atoms. The highest BCUT2D eigenvalue weighted by molar-refractivity contribution is 5.93. The van der Waals surface area contributed by atoms with E-state index in [0.29, 0.717) is 28.4 Å². The summed E-state index contributed by atoms with van der Waals surface area (Å²) < 4.78 is 21.6. The van der Waals surface area contributed by atoms with Gasteiger partial charge < -0.3 is 23.7 Å². The van der Waals surface area contributed by atoms with Gasteiger partial charge in [-0.3, -0.25) is 4.79 Å². The summed E-state index contributed by atoms with van der Waals surface area (Å²) in [7, 11) is 4.43.